The van der Waals surface area contributed by atoms with Gasteiger partial charge >= 0.3 is 0 Å². The van der Waals surface area contributed by atoms with Crippen LogP contribution in [-0.2, 0) is 0 Å². The number of rotatable bonds is 2. The summed E-state index contributed by atoms with van der Waals surface area (Å²) >= 11 is 12.5. The third-order valence-corrected chi connectivity index (χ3v) is 3.85. The van der Waals surface area contributed by atoms with E-state index in [9.17, 15) is 4.79 Å². The maximum absolute atomic E-state index is 12.0. The molecule has 6 heteroatoms. The van der Waals surface area contributed by atoms with E-state index in [1.54, 1.807) is 36.5 Å². The Bertz CT molecular complexity index is 604. The van der Waals surface area contributed by atoms with Gasteiger partial charge < -0.3 is 5.32 Å². The number of amides is 1. The Balaban J connectivity index is 2.19. The minimum absolute atomic E-state index is 0.238. The standard InChI is InChI=1S/C12H7Br2ClN2O/c13-8-3-4-16-11(6-8)17-12(18)7-1-2-10(15)9(14)5-7/h1-6H,(H,16,17,18). The van der Waals surface area contributed by atoms with Gasteiger partial charge in [0.15, 0.2) is 0 Å². The maximum Gasteiger partial charge on any atom is 0.256 e. The summed E-state index contributed by atoms with van der Waals surface area (Å²) in [5, 5.41) is 3.26. The summed E-state index contributed by atoms with van der Waals surface area (Å²) in [6, 6.07) is 8.49. The van der Waals surface area contributed by atoms with Crippen LogP contribution in [0.4, 0.5) is 5.82 Å². The van der Waals surface area contributed by atoms with Gasteiger partial charge in [-0.15, -0.1) is 0 Å². The van der Waals surface area contributed by atoms with Crippen molar-refractivity contribution in [1.29, 1.82) is 0 Å². The lowest BCUT2D eigenvalue weighted by Crippen LogP contribution is -2.12. The molecular weight excluding hydrogens is 383 g/mol. The van der Waals surface area contributed by atoms with Gasteiger partial charge in [-0.2, -0.15) is 0 Å². The highest BCUT2D eigenvalue weighted by Gasteiger charge is 2.08. The molecule has 0 aliphatic carbocycles. The first kappa shape index (κ1) is 13.5. The van der Waals surface area contributed by atoms with Crippen LogP contribution in [0.5, 0.6) is 0 Å². The summed E-state index contributed by atoms with van der Waals surface area (Å²) in [4.78, 5) is 16.0. The van der Waals surface area contributed by atoms with Crippen LogP contribution in [-0.4, -0.2) is 10.9 Å². The molecule has 1 heterocycles. The Kier molecular flexibility index (Phi) is 4.37. The summed E-state index contributed by atoms with van der Waals surface area (Å²) in [6.45, 7) is 0. The number of nitrogens with zero attached hydrogens (tertiary/aromatic N) is 1. The van der Waals surface area contributed by atoms with E-state index in [0.717, 1.165) is 4.47 Å². The first-order valence-electron chi connectivity index (χ1n) is 4.94. The van der Waals surface area contributed by atoms with Crippen LogP contribution in [0.1, 0.15) is 10.4 Å². The molecule has 1 N–H and O–H groups in total. The zero-order chi connectivity index (χ0) is 13.1. The number of halogens is 3. The predicted molar refractivity (Wildman–Crippen MR) is 79.0 cm³/mol. The van der Waals surface area contributed by atoms with Gasteiger partial charge in [-0.05, 0) is 46.3 Å². The fourth-order valence-electron chi connectivity index (χ4n) is 1.30. The molecule has 1 aromatic carbocycles. The zero-order valence-electron chi connectivity index (χ0n) is 8.95. The highest BCUT2D eigenvalue weighted by Crippen LogP contribution is 2.23. The summed E-state index contributed by atoms with van der Waals surface area (Å²) in [6.07, 6.45) is 1.61. The molecule has 0 bridgehead atoms. The number of benzene rings is 1. The Morgan fingerprint density at radius 3 is 2.67 bits per heavy atom. The lowest BCUT2D eigenvalue weighted by molar-refractivity contribution is 0.102. The number of anilines is 1. The second-order valence-corrected chi connectivity index (χ2v) is 5.62. The van der Waals surface area contributed by atoms with E-state index in [0.29, 0.717) is 20.9 Å². The Morgan fingerprint density at radius 1 is 1.22 bits per heavy atom. The highest BCUT2D eigenvalue weighted by atomic mass is 79.9. The number of pyridine rings is 1. The van der Waals surface area contributed by atoms with E-state index in [1.165, 1.54) is 0 Å². The van der Waals surface area contributed by atoms with Gasteiger partial charge in [0.05, 0.1) is 5.02 Å². The van der Waals surface area contributed by atoms with E-state index < -0.39 is 0 Å². The molecule has 0 fully saturated rings. The molecule has 0 saturated heterocycles. The van der Waals surface area contributed by atoms with Gasteiger partial charge in [-0.3, -0.25) is 4.79 Å². The molecule has 2 aromatic rings. The topological polar surface area (TPSA) is 42.0 Å². The summed E-state index contributed by atoms with van der Waals surface area (Å²) < 4.78 is 1.53. The van der Waals surface area contributed by atoms with Gasteiger partial charge in [0.25, 0.3) is 5.91 Å². The summed E-state index contributed by atoms with van der Waals surface area (Å²) in [5.74, 6) is 0.249. The number of aromatic nitrogens is 1. The van der Waals surface area contributed by atoms with Crippen LogP contribution < -0.4 is 5.32 Å². The molecule has 0 spiro atoms. The lowest BCUT2D eigenvalue weighted by atomic mass is 10.2. The van der Waals surface area contributed by atoms with Gasteiger partial charge in [-0.25, -0.2) is 4.98 Å². The second kappa shape index (κ2) is 5.82. The molecule has 1 amide bonds. The van der Waals surface area contributed by atoms with Crippen molar-refractivity contribution in [3.8, 4) is 0 Å². The molecule has 0 atom stereocenters. The van der Waals surface area contributed by atoms with Crippen molar-refractivity contribution in [1.82, 2.24) is 4.98 Å². The zero-order valence-corrected chi connectivity index (χ0v) is 12.9. The number of carbonyl (C=O) groups is 1. The van der Waals surface area contributed by atoms with E-state index in [4.69, 9.17) is 11.6 Å². The Hall–Kier alpha value is -0.910. The molecule has 0 unspecified atom stereocenters. The average Bonchev–Trinajstić information content (AvgIpc) is 2.32. The van der Waals surface area contributed by atoms with E-state index in [-0.39, 0.29) is 5.91 Å². The monoisotopic (exact) mass is 388 g/mol. The summed E-state index contributed by atoms with van der Waals surface area (Å²) in [5.41, 5.74) is 0.507. The lowest BCUT2D eigenvalue weighted by Gasteiger charge is -2.05. The minimum atomic E-state index is -0.238. The molecule has 0 saturated carbocycles. The van der Waals surface area contributed by atoms with Crippen LogP contribution >= 0.6 is 43.5 Å². The molecule has 3 nitrogen and oxygen atoms in total. The van der Waals surface area contributed by atoms with Crippen molar-refractivity contribution in [2.24, 2.45) is 0 Å². The normalized spacial score (nSPS) is 10.2. The van der Waals surface area contributed by atoms with Crippen LogP contribution in [0.2, 0.25) is 5.02 Å². The van der Waals surface area contributed by atoms with Gasteiger partial charge in [-0.1, -0.05) is 27.5 Å². The predicted octanol–water partition coefficient (Wildman–Crippen LogP) is 4.51. The van der Waals surface area contributed by atoms with Gasteiger partial charge in [0.2, 0.25) is 0 Å². The van der Waals surface area contributed by atoms with Gasteiger partial charge in [0, 0.05) is 20.7 Å². The molecule has 1 aromatic heterocycles. The number of carbonyl (C=O) groups excluding carboxylic acids is 1. The quantitative estimate of drug-likeness (QED) is 0.820. The van der Waals surface area contributed by atoms with Crippen molar-refractivity contribution in [3.05, 3.63) is 56.1 Å². The first-order valence-corrected chi connectivity index (χ1v) is 6.90. The molecular formula is C12H7Br2ClN2O. The Labute approximate surface area is 126 Å². The van der Waals surface area contributed by atoms with Crippen molar-refractivity contribution in [2.75, 3.05) is 5.32 Å². The largest absolute Gasteiger partial charge is 0.307 e. The fourth-order valence-corrected chi connectivity index (χ4v) is 2.13. The van der Waals surface area contributed by atoms with Crippen molar-refractivity contribution < 1.29 is 4.79 Å². The smallest absolute Gasteiger partial charge is 0.256 e. The third-order valence-electron chi connectivity index (χ3n) is 2.15. The Morgan fingerprint density at radius 2 is 2.00 bits per heavy atom. The number of hydrogen-bond acceptors (Lipinski definition) is 2. The second-order valence-electron chi connectivity index (χ2n) is 3.44. The third kappa shape index (κ3) is 3.31. The number of nitrogens with one attached hydrogen (secondary N) is 1. The fraction of sp³-hybridized carbons (Fsp3) is 0. The van der Waals surface area contributed by atoms with Crippen LogP contribution in [0.3, 0.4) is 0 Å². The van der Waals surface area contributed by atoms with Crippen LogP contribution in [0, 0.1) is 0 Å². The average molecular weight is 390 g/mol. The molecule has 0 aliphatic heterocycles. The molecule has 0 aliphatic rings. The van der Waals surface area contributed by atoms with E-state index in [1.807, 2.05) is 0 Å². The van der Waals surface area contributed by atoms with Crippen LogP contribution in [0.25, 0.3) is 0 Å². The van der Waals surface area contributed by atoms with Crippen molar-refractivity contribution in [2.45, 2.75) is 0 Å². The number of hydrogen-bond donors (Lipinski definition) is 1. The van der Waals surface area contributed by atoms with Crippen molar-refractivity contribution >= 4 is 55.2 Å². The molecule has 18 heavy (non-hydrogen) atoms. The molecule has 2 rings (SSSR count). The highest BCUT2D eigenvalue weighted by molar-refractivity contribution is 9.10. The first-order chi connectivity index (χ1) is 8.56. The minimum Gasteiger partial charge on any atom is -0.307 e. The SMILES string of the molecule is O=C(Nc1cc(Br)ccn1)c1ccc(Cl)c(Br)c1. The van der Waals surface area contributed by atoms with Crippen molar-refractivity contribution in [3.63, 3.8) is 0 Å². The molecule has 0 radical (unpaired) electrons. The van der Waals surface area contributed by atoms with E-state index >= 15 is 0 Å². The van der Waals surface area contributed by atoms with Gasteiger partial charge in [0.1, 0.15) is 5.82 Å². The maximum atomic E-state index is 12.0. The summed E-state index contributed by atoms with van der Waals surface area (Å²) in [7, 11) is 0. The van der Waals surface area contributed by atoms with E-state index in [2.05, 4.69) is 42.2 Å². The van der Waals surface area contributed by atoms with Crippen LogP contribution in [0.15, 0.2) is 45.5 Å². The molecule has 92 valence electrons.